The number of nitrogens with zero attached hydrogens (tertiary/aromatic N) is 1. The molecule has 2 rings (SSSR count). The van der Waals surface area contributed by atoms with Crippen LogP contribution < -0.4 is 5.32 Å². The van der Waals surface area contributed by atoms with E-state index in [2.05, 4.69) is 17.1 Å². The first-order valence-corrected chi connectivity index (χ1v) is 7.58. The van der Waals surface area contributed by atoms with Crippen molar-refractivity contribution in [1.29, 1.82) is 0 Å². The van der Waals surface area contributed by atoms with Crippen LogP contribution in [0.1, 0.15) is 18.9 Å². The molecule has 0 radical (unpaired) electrons. The van der Waals surface area contributed by atoms with Gasteiger partial charge in [0.05, 0.1) is 12.7 Å². The fourth-order valence-electron chi connectivity index (χ4n) is 2.90. The van der Waals surface area contributed by atoms with Gasteiger partial charge in [-0.25, -0.2) is 8.78 Å². The summed E-state index contributed by atoms with van der Waals surface area (Å²) in [5.41, 5.74) is 0.656. The molecule has 1 aromatic rings. The number of hydrogen-bond donors (Lipinski definition) is 1. The predicted molar refractivity (Wildman–Crippen MR) is 79.4 cm³/mol. The standard InChI is InChI=1S/C16H24F2N2O/c1-3-4-20-5-6-21-16(11-20)15(19-2)9-12-7-13(17)10-14(18)8-12/h7-8,10,15-16,19H,3-6,9,11H2,1-2H3. The van der Waals surface area contributed by atoms with E-state index in [1.54, 1.807) is 0 Å². The summed E-state index contributed by atoms with van der Waals surface area (Å²) in [6.45, 7) is 5.74. The number of likely N-dealkylation sites (N-methyl/N-ethyl adjacent to an activating group) is 1. The fourth-order valence-corrected chi connectivity index (χ4v) is 2.90. The zero-order valence-electron chi connectivity index (χ0n) is 12.7. The molecule has 21 heavy (non-hydrogen) atoms. The third-order valence-corrected chi connectivity index (χ3v) is 3.91. The molecule has 2 unspecified atom stereocenters. The summed E-state index contributed by atoms with van der Waals surface area (Å²) in [7, 11) is 1.86. The van der Waals surface area contributed by atoms with Gasteiger partial charge in [-0.3, -0.25) is 4.90 Å². The molecule has 1 aromatic carbocycles. The Balaban J connectivity index is 2.01. The number of rotatable bonds is 6. The Hall–Kier alpha value is -1.04. The first-order valence-electron chi connectivity index (χ1n) is 7.58. The van der Waals surface area contributed by atoms with Crippen LogP contribution in [0, 0.1) is 11.6 Å². The van der Waals surface area contributed by atoms with Gasteiger partial charge < -0.3 is 10.1 Å². The summed E-state index contributed by atoms with van der Waals surface area (Å²) in [5, 5.41) is 3.23. The number of ether oxygens (including phenoxy) is 1. The van der Waals surface area contributed by atoms with E-state index in [0.29, 0.717) is 18.6 Å². The number of halogens is 2. The third-order valence-electron chi connectivity index (χ3n) is 3.91. The second kappa shape index (κ2) is 7.82. The monoisotopic (exact) mass is 298 g/mol. The summed E-state index contributed by atoms with van der Waals surface area (Å²) in [4.78, 5) is 2.38. The quantitative estimate of drug-likeness (QED) is 0.871. The van der Waals surface area contributed by atoms with Crippen molar-refractivity contribution >= 4 is 0 Å². The molecule has 2 atom stereocenters. The van der Waals surface area contributed by atoms with Gasteiger partial charge in [0.25, 0.3) is 0 Å². The van der Waals surface area contributed by atoms with Crippen LogP contribution in [-0.2, 0) is 11.2 Å². The van der Waals surface area contributed by atoms with Crippen molar-refractivity contribution in [2.45, 2.75) is 31.9 Å². The predicted octanol–water partition coefficient (Wildman–Crippen LogP) is 2.21. The summed E-state index contributed by atoms with van der Waals surface area (Å²) >= 11 is 0. The number of nitrogens with one attached hydrogen (secondary N) is 1. The Bertz CT molecular complexity index is 434. The molecule has 0 saturated carbocycles. The minimum atomic E-state index is -0.531. The lowest BCUT2D eigenvalue weighted by molar-refractivity contribution is -0.0450. The van der Waals surface area contributed by atoms with Crippen molar-refractivity contribution in [2.24, 2.45) is 0 Å². The molecule has 118 valence electrons. The van der Waals surface area contributed by atoms with E-state index in [-0.39, 0.29) is 12.1 Å². The lowest BCUT2D eigenvalue weighted by Gasteiger charge is -2.37. The van der Waals surface area contributed by atoms with Crippen molar-refractivity contribution in [3.05, 3.63) is 35.4 Å². The molecule has 0 bridgehead atoms. The Kier molecular flexibility index (Phi) is 6.08. The zero-order valence-corrected chi connectivity index (χ0v) is 12.7. The fraction of sp³-hybridized carbons (Fsp3) is 0.625. The zero-order chi connectivity index (χ0) is 15.2. The van der Waals surface area contributed by atoms with Crippen LogP contribution in [0.2, 0.25) is 0 Å². The van der Waals surface area contributed by atoms with Gasteiger partial charge in [0.15, 0.2) is 0 Å². The van der Waals surface area contributed by atoms with E-state index < -0.39 is 11.6 Å². The first-order chi connectivity index (χ1) is 10.1. The Morgan fingerprint density at radius 3 is 2.67 bits per heavy atom. The maximum Gasteiger partial charge on any atom is 0.126 e. The van der Waals surface area contributed by atoms with E-state index >= 15 is 0 Å². The lowest BCUT2D eigenvalue weighted by Crippen LogP contribution is -2.52. The summed E-state index contributed by atoms with van der Waals surface area (Å²) in [6.07, 6.45) is 1.71. The molecule has 1 aliphatic heterocycles. The van der Waals surface area contributed by atoms with Gasteiger partial charge in [-0.05, 0) is 44.1 Å². The molecule has 0 aliphatic carbocycles. The molecule has 1 N–H and O–H groups in total. The van der Waals surface area contributed by atoms with Crippen molar-refractivity contribution in [3.8, 4) is 0 Å². The van der Waals surface area contributed by atoms with Gasteiger partial charge in [-0.2, -0.15) is 0 Å². The maximum atomic E-state index is 13.3. The van der Waals surface area contributed by atoms with Gasteiger partial charge in [0.2, 0.25) is 0 Å². The molecule has 1 aliphatic rings. The highest BCUT2D eigenvalue weighted by Gasteiger charge is 2.27. The summed E-state index contributed by atoms with van der Waals surface area (Å²) in [5.74, 6) is -1.06. The normalized spacial score (nSPS) is 21.4. The van der Waals surface area contributed by atoms with Crippen molar-refractivity contribution < 1.29 is 13.5 Å². The van der Waals surface area contributed by atoms with E-state index in [9.17, 15) is 8.78 Å². The average Bonchev–Trinajstić information content (AvgIpc) is 2.44. The SMILES string of the molecule is CCCN1CCOC(C(Cc2cc(F)cc(F)c2)NC)C1. The highest BCUT2D eigenvalue weighted by molar-refractivity contribution is 5.19. The smallest absolute Gasteiger partial charge is 0.126 e. The van der Waals surface area contributed by atoms with Gasteiger partial charge in [0.1, 0.15) is 11.6 Å². The number of hydrogen-bond acceptors (Lipinski definition) is 3. The molecule has 5 heteroatoms. The molecule has 0 amide bonds. The highest BCUT2D eigenvalue weighted by atomic mass is 19.1. The molecule has 0 spiro atoms. The Morgan fingerprint density at radius 1 is 1.33 bits per heavy atom. The minimum Gasteiger partial charge on any atom is -0.374 e. The Morgan fingerprint density at radius 2 is 2.05 bits per heavy atom. The second-order valence-corrected chi connectivity index (χ2v) is 5.59. The molecule has 3 nitrogen and oxygen atoms in total. The molecule has 1 fully saturated rings. The van der Waals surface area contributed by atoms with Crippen LogP contribution >= 0.6 is 0 Å². The maximum absolute atomic E-state index is 13.3. The van der Waals surface area contributed by atoms with Crippen LogP contribution in [0.4, 0.5) is 8.78 Å². The van der Waals surface area contributed by atoms with Crippen molar-refractivity contribution in [3.63, 3.8) is 0 Å². The van der Waals surface area contributed by atoms with Gasteiger partial charge in [0, 0.05) is 25.2 Å². The largest absolute Gasteiger partial charge is 0.374 e. The minimum absolute atomic E-state index is 0.0432. The van der Waals surface area contributed by atoms with Crippen LogP contribution in [0.5, 0.6) is 0 Å². The van der Waals surface area contributed by atoms with E-state index in [4.69, 9.17) is 4.74 Å². The van der Waals surface area contributed by atoms with Gasteiger partial charge >= 0.3 is 0 Å². The van der Waals surface area contributed by atoms with Gasteiger partial charge in [-0.15, -0.1) is 0 Å². The summed E-state index contributed by atoms with van der Waals surface area (Å²) < 4.78 is 32.4. The number of benzene rings is 1. The third kappa shape index (κ3) is 4.73. The van der Waals surface area contributed by atoms with Crippen LogP contribution in [-0.4, -0.2) is 50.3 Å². The van der Waals surface area contributed by atoms with E-state index in [1.807, 2.05) is 7.05 Å². The molecular weight excluding hydrogens is 274 g/mol. The average molecular weight is 298 g/mol. The second-order valence-electron chi connectivity index (χ2n) is 5.59. The topological polar surface area (TPSA) is 24.5 Å². The van der Waals surface area contributed by atoms with E-state index in [0.717, 1.165) is 32.1 Å². The lowest BCUT2D eigenvalue weighted by atomic mass is 9.99. The van der Waals surface area contributed by atoms with E-state index in [1.165, 1.54) is 12.1 Å². The first kappa shape index (κ1) is 16.3. The molecular formula is C16H24F2N2O. The van der Waals surface area contributed by atoms with Crippen molar-refractivity contribution in [2.75, 3.05) is 33.3 Å². The van der Waals surface area contributed by atoms with Crippen LogP contribution in [0.25, 0.3) is 0 Å². The molecule has 1 saturated heterocycles. The number of morpholine rings is 1. The highest BCUT2D eigenvalue weighted by Crippen LogP contribution is 2.15. The molecule has 0 aromatic heterocycles. The molecule has 1 heterocycles. The van der Waals surface area contributed by atoms with Gasteiger partial charge in [-0.1, -0.05) is 6.92 Å². The van der Waals surface area contributed by atoms with Crippen LogP contribution in [0.3, 0.4) is 0 Å². The Labute approximate surface area is 125 Å². The van der Waals surface area contributed by atoms with Crippen LogP contribution in [0.15, 0.2) is 18.2 Å². The van der Waals surface area contributed by atoms with Crippen molar-refractivity contribution in [1.82, 2.24) is 10.2 Å². The summed E-state index contributed by atoms with van der Waals surface area (Å²) in [6, 6.07) is 3.73.